The van der Waals surface area contributed by atoms with Crippen molar-refractivity contribution < 1.29 is 9.59 Å². The van der Waals surface area contributed by atoms with Crippen LogP contribution in [0, 0.1) is 30.6 Å². The number of fused-ring (bicyclic) bond motifs is 2. The number of amides is 2. The molecule has 33 heavy (non-hydrogen) atoms. The molecule has 0 radical (unpaired) electrons. The number of imide groups is 1. The zero-order valence-electron chi connectivity index (χ0n) is 18.3. The molecular weight excluding hydrogens is 434 g/mol. The highest BCUT2D eigenvalue weighted by Crippen LogP contribution is 2.49. The smallest absolute Gasteiger partial charge is 0.254 e. The molecule has 1 aromatic heterocycles. The monoisotopic (exact) mass is 457 g/mol. The largest absolute Gasteiger partial charge is 0.340 e. The number of carbonyl (C=O) groups excluding carboxylic acids is 2. The summed E-state index contributed by atoms with van der Waals surface area (Å²) in [6.07, 6.45) is 7.89. The first-order valence-electron chi connectivity index (χ1n) is 11.5. The summed E-state index contributed by atoms with van der Waals surface area (Å²) in [6, 6.07) is 15.9. The standard InChI is InChI=1S/C27H24ClN3O2/c1-16-21(14-29-31-26(32)24-17-10-11-18(13-12-17)25(24)27(31)33)20-7-3-5-9-23(20)30(16)15-19-6-2-4-8-22(19)28/h2-11,14,17-18,24-25H,12-13,15H2,1H3/b29-14-/t17-,18-,24-,25-/m0/s1. The molecule has 4 aliphatic rings. The molecule has 7 rings (SSSR count). The van der Waals surface area contributed by atoms with Crippen LogP contribution in [0.25, 0.3) is 10.9 Å². The Labute approximate surface area is 197 Å². The fourth-order valence-electron chi connectivity index (χ4n) is 5.91. The van der Waals surface area contributed by atoms with Crippen LogP contribution in [0.15, 0.2) is 65.8 Å². The van der Waals surface area contributed by atoms with Gasteiger partial charge in [-0.15, -0.1) is 0 Å². The van der Waals surface area contributed by atoms with E-state index in [0.29, 0.717) is 6.54 Å². The molecule has 3 aliphatic carbocycles. The van der Waals surface area contributed by atoms with Crippen molar-refractivity contribution in [3.63, 3.8) is 0 Å². The number of benzene rings is 2. The normalized spacial score (nSPS) is 26.2. The highest BCUT2D eigenvalue weighted by atomic mass is 35.5. The minimum Gasteiger partial charge on any atom is -0.340 e. The van der Waals surface area contributed by atoms with Gasteiger partial charge in [0, 0.05) is 33.7 Å². The van der Waals surface area contributed by atoms with Gasteiger partial charge in [0.15, 0.2) is 0 Å². The number of halogens is 1. The lowest BCUT2D eigenvalue weighted by molar-refractivity contribution is -0.140. The molecule has 2 aromatic carbocycles. The van der Waals surface area contributed by atoms with E-state index in [2.05, 4.69) is 27.9 Å². The Morgan fingerprint density at radius 1 is 0.970 bits per heavy atom. The van der Waals surface area contributed by atoms with Crippen molar-refractivity contribution in [2.45, 2.75) is 26.3 Å². The highest BCUT2D eigenvalue weighted by Gasteiger charge is 2.56. The van der Waals surface area contributed by atoms with Gasteiger partial charge in [-0.05, 0) is 49.3 Å². The van der Waals surface area contributed by atoms with Crippen LogP contribution in [0.4, 0.5) is 0 Å². The molecule has 4 atom stereocenters. The number of rotatable bonds is 4. The van der Waals surface area contributed by atoms with Gasteiger partial charge in [-0.1, -0.05) is 60.2 Å². The number of nitrogens with zero attached hydrogens (tertiary/aromatic N) is 3. The summed E-state index contributed by atoms with van der Waals surface area (Å²) in [5.74, 6) is -0.482. The summed E-state index contributed by atoms with van der Waals surface area (Å²) < 4.78 is 2.20. The number of hydrazone groups is 1. The molecule has 2 amide bonds. The van der Waals surface area contributed by atoms with Crippen LogP contribution >= 0.6 is 11.6 Å². The Hall–Kier alpha value is -3.18. The molecule has 0 spiro atoms. The van der Waals surface area contributed by atoms with Crippen LogP contribution in [-0.2, 0) is 16.1 Å². The predicted octanol–water partition coefficient (Wildman–Crippen LogP) is 5.18. The predicted molar refractivity (Wildman–Crippen MR) is 129 cm³/mol. The first kappa shape index (κ1) is 20.4. The van der Waals surface area contributed by atoms with Crippen molar-refractivity contribution in [1.29, 1.82) is 0 Å². The van der Waals surface area contributed by atoms with Crippen LogP contribution in [-0.4, -0.2) is 27.6 Å². The van der Waals surface area contributed by atoms with E-state index >= 15 is 0 Å². The van der Waals surface area contributed by atoms with Gasteiger partial charge in [0.05, 0.1) is 18.1 Å². The van der Waals surface area contributed by atoms with Gasteiger partial charge in [-0.2, -0.15) is 10.1 Å². The van der Waals surface area contributed by atoms with Crippen molar-refractivity contribution in [2.24, 2.45) is 28.8 Å². The molecule has 3 aromatic rings. The Balaban J connectivity index is 1.37. The maximum Gasteiger partial charge on any atom is 0.254 e. The molecule has 1 saturated carbocycles. The summed E-state index contributed by atoms with van der Waals surface area (Å²) in [6.45, 7) is 2.66. The molecule has 1 saturated heterocycles. The van der Waals surface area contributed by atoms with Crippen molar-refractivity contribution >= 4 is 40.5 Å². The van der Waals surface area contributed by atoms with Crippen molar-refractivity contribution in [1.82, 2.24) is 9.58 Å². The lowest BCUT2D eigenvalue weighted by Gasteiger charge is -2.37. The topological polar surface area (TPSA) is 54.7 Å². The molecule has 2 heterocycles. The van der Waals surface area contributed by atoms with Crippen molar-refractivity contribution in [3.8, 4) is 0 Å². The highest BCUT2D eigenvalue weighted by molar-refractivity contribution is 6.31. The molecule has 2 fully saturated rings. The van der Waals surface area contributed by atoms with Gasteiger partial charge in [0.25, 0.3) is 11.8 Å². The third kappa shape index (κ3) is 3.10. The van der Waals surface area contributed by atoms with E-state index in [1.807, 2.05) is 49.4 Å². The number of allylic oxidation sites excluding steroid dienone is 2. The average Bonchev–Trinajstić information content (AvgIpc) is 3.26. The molecule has 6 heteroatoms. The van der Waals surface area contributed by atoms with Crippen LogP contribution in [0.3, 0.4) is 0 Å². The first-order chi connectivity index (χ1) is 16.0. The minimum absolute atomic E-state index is 0.155. The van der Waals surface area contributed by atoms with Crippen molar-refractivity contribution in [3.05, 3.63) is 82.5 Å². The lowest BCUT2D eigenvalue weighted by atomic mass is 9.63. The molecular formula is C27H24ClN3O2. The molecule has 1 aliphatic heterocycles. The van der Waals surface area contributed by atoms with E-state index in [0.717, 1.165) is 50.6 Å². The summed E-state index contributed by atoms with van der Waals surface area (Å²) in [5.41, 5.74) is 4.02. The number of para-hydroxylation sites is 1. The third-order valence-corrected chi connectivity index (χ3v) is 7.97. The Kier molecular flexibility index (Phi) is 4.77. The van der Waals surface area contributed by atoms with Gasteiger partial charge in [-0.25, -0.2) is 0 Å². The molecule has 0 unspecified atom stereocenters. The van der Waals surface area contributed by atoms with Gasteiger partial charge in [0.1, 0.15) is 0 Å². The second-order valence-corrected chi connectivity index (χ2v) is 9.68. The Morgan fingerprint density at radius 2 is 1.61 bits per heavy atom. The lowest BCUT2D eigenvalue weighted by Crippen LogP contribution is -2.38. The van der Waals surface area contributed by atoms with Crippen LogP contribution < -0.4 is 0 Å². The minimum atomic E-state index is -0.249. The maximum atomic E-state index is 13.1. The number of hydrogen-bond donors (Lipinski definition) is 0. The summed E-state index contributed by atoms with van der Waals surface area (Å²) >= 11 is 6.43. The zero-order chi connectivity index (χ0) is 22.7. The van der Waals surface area contributed by atoms with E-state index in [-0.39, 0.29) is 35.5 Å². The van der Waals surface area contributed by atoms with Gasteiger partial charge < -0.3 is 4.57 Å². The summed E-state index contributed by atoms with van der Waals surface area (Å²) in [4.78, 5) is 26.3. The summed E-state index contributed by atoms with van der Waals surface area (Å²) in [5, 5.41) is 7.36. The average molecular weight is 458 g/mol. The van der Waals surface area contributed by atoms with Gasteiger partial charge >= 0.3 is 0 Å². The Morgan fingerprint density at radius 3 is 2.27 bits per heavy atom. The Bertz CT molecular complexity index is 1320. The number of hydrogen-bond acceptors (Lipinski definition) is 3. The fraction of sp³-hybridized carbons (Fsp3) is 0.296. The number of carbonyl (C=O) groups is 2. The van der Waals surface area contributed by atoms with E-state index in [9.17, 15) is 9.59 Å². The maximum absolute atomic E-state index is 13.1. The summed E-state index contributed by atoms with van der Waals surface area (Å²) in [7, 11) is 0. The van der Waals surface area contributed by atoms with E-state index in [4.69, 9.17) is 11.6 Å². The second-order valence-electron chi connectivity index (χ2n) is 9.27. The molecule has 0 N–H and O–H groups in total. The SMILES string of the molecule is Cc1c(/C=N\N2C(=O)[C@@H]3[C@@H](C2=O)[C@H]2C=C[C@H]3CC2)c2ccccc2n1Cc1ccccc1Cl. The van der Waals surface area contributed by atoms with Crippen LogP contribution in [0.2, 0.25) is 5.02 Å². The van der Waals surface area contributed by atoms with Gasteiger partial charge in [0.2, 0.25) is 0 Å². The van der Waals surface area contributed by atoms with E-state index < -0.39 is 0 Å². The van der Waals surface area contributed by atoms with E-state index in [1.54, 1.807) is 6.21 Å². The van der Waals surface area contributed by atoms with Crippen LogP contribution in [0.5, 0.6) is 0 Å². The zero-order valence-corrected chi connectivity index (χ0v) is 19.1. The fourth-order valence-corrected chi connectivity index (χ4v) is 6.10. The van der Waals surface area contributed by atoms with E-state index in [1.165, 1.54) is 0 Å². The van der Waals surface area contributed by atoms with Crippen LogP contribution in [0.1, 0.15) is 29.7 Å². The first-order valence-corrected chi connectivity index (χ1v) is 11.8. The second kappa shape index (κ2) is 7.70. The quantitative estimate of drug-likeness (QED) is 0.308. The molecule has 2 bridgehead atoms. The molecule has 166 valence electrons. The van der Waals surface area contributed by atoms with Crippen molar-refractivity contribution in [2.75, 3.05) is 0 Å². The van der Waals surface area contributed by atoms with Gasteiger partial charge in [-0.3, -0.25) is 9.59 Å². The number of aromatic nitrogens is 1. The molecule has 5 nitrogen and oxygen atoms in total. The third-order valence-electron chi connectivity index (χ3n) is 7.60.